The Kier molecular flexibility index (Phi) is 4.36. The van der Waals surface area contributed by atoms with Crippen LogP contribution in [0.1, 0.15) is 17.7 Å². The quantitative estimate of drug-likeness (QED) is 0.912. The second-order valence-electron chi connectivity index (χ2n) is 4.81. The van der Waals surface area contributed by atoms with Gasteiger partial charge in [-0.15, -0.1) is 0 Å². The number of nitrogens with zero attached hydrogens (tertiary/aromatic N) is 3. The smallest absolute Gasteiger partial charge is 0.144 e. The lowest BCUT2D eigenvalue weighted by molar-refractivity contribution is 0.992. The highest BCUT2D eigenvalue weighted by atomic mass is 15.0. The van der Waals surface area contributed by atoms with Crippen molar-refractivity contribution in [2.24, 2.45) is 0 Å². The molecular formula is C17H17N4. The van der Waals surface area contributed by atoms with E-state index in [-0.39, 0.29) is 0 Å². The zero-order valence-corrected chi connectivity index (χ0v) is 11.7. The molecule has 0 unspecified atom stereocenters. The summed E-state index contributed by atoms with van der Waals surface area (Å²) in [5, 5.41) is 3.29. The van der Waals surface area contributed by atoms with Gasteiger partial charge >= 0.3 is 0 Å². The molecule has 4 heteroatoms. The highest BCUT2D eigenvalue weighted by Crippen LogP contribution is 2.18. The number of allylic oxidation sites excluding steroid dienone is 4. The summed E-state index contributed by atoms with van der Waals surface area (Å²) in [7, 11) is 0. The predicted octanol–water partition coefficient (Wildman–Crippen LogP) is 3.07. The van der Waals surface area contributed by atoms with Crippen LogP contribution in [-0.2, 0) is 6.42 Å². The second kappa shape index (κ2) is 6.79. The summed E-state index contributed by atoms with van der Waals surface area (Å²) in [5.74, 6) is 0.805. The van der Waals surface area contributed by atoms with E-state index in [1.54, 1.807) is 6.20 Å². The topological polar surface area (TPSA) is 50.7 Å². The lowest BCUT2D eigenvalue weighted by atomic mass is 10.1. The molecule has 0 bridgehead atoms. The van der Waals surface area contributed by atoms with Gasteiger partial charge in [0.2, 0.25) is 0 Å². The molecule has 4 nitrogen and oxygen atoms in total. The average Bonchev–Trinajstić information content (AvgIpc) is 2.57. The first kappa shape index (κ1) is 13.5. The molecule has 3 rings (SSSR count). The average molecular weight is 277 g/mol. The van der Waals surface area contributed by atoms with Crippen molar-refractivity contribution >= 4 is 11.4 Å². The molecule has 0 saturated heterocycles. The maximum absolute atomic E-state index is 4.46. The van der Waals surface area contributed by atoms with Crippen LogP contribution < -0.4 is 5.32 Å². The van der Waals surface area contributed by atoms with E-state index in [1.165, 1.54) is 5.56 Å². The van der Waals surface area contributed by atoms with E-state index in [1.807, 2.05) is 30.7 Å². The maximum Gasteiger partial charge on any atom is 0.144 e. The Morgan fingerprint density at radius 3 is 2.71 bits per heavy atom. The summed E-state index contributed by atoms with van der Waals surface area (Å²) < 4.78 is 0. The number of rotatable bonds is 5. The minimum atomic E-state index is 0.805. The number of hydrogen-bond acceptors (Lipinski definition) is 4. The van der Waals surface area contributed by atoms with Gasteiger partial charge in [-0.1, -0.05) is 18.2 Å². The van der Waals surface area contributed by atoms with Crippen molar-refractivity contribution in [1.82, 2.24) is 15.0 Å². The number of pyridine rings is 1. The Morgan fingerprint density at radius 2 is 2.00 bits per heavy atom. The fourth-order valence-corrected chi connectivity index (χ4v) is 2.16. The zero-order valence-electron chi connectivity index (χ0n) is 11.7. The van der Waals surface area contributed by atoms with Gasteiger partial charge in [0.25, 0.3) is 0 Å². The van der Waals surface area contributed by atoms with Crippen LogP contribution in [0.25, 0.3) is 5.57 Å². The largest absolute Gasteiger partial charge is 0.368 e. The molecule has 0 fully saturated rings. The Hall–Kier alpha value is -2.49. The van der Waals surface area contributed by atoms with Crippen LogP contribution in [0, 0.1) is 6.42 Å². The molecule has 2 aromatic rings. The molecule has 0 amide bonds. The van der Waals surface area contributed by atoms with Gasteiger partial charge in [0.1, 0.15) is 5.82 Å². The maximum atomic E-state index is 4.46. The minimum Gasteiger partial charge on any atom is -0.368 e. The molecule has 0 aromatic carbocycles. The van der Waals surface area contributed by atoms with Gasteiger partial charge in [-0.05, 0) is 42.5 Å². The van der Waals surface area contributed by atoms with E-state index in [0.29, 0.717) is 0 Å². The van der Waals surface area contributed by atoms with Crippen molar-refractivity contribution in [2.75, 3.05) is 11.9 Å². The van der Waals surface area contributed by atoms with Gasteiger partial charge in [0.15, 0.2) is 0 Å². The molecule has 1 radical (unpaired) electrons. The normalized spacial score (nSPS) is 13.8. The summed E-state index contributed by atoms with van der Waals surface area (Å²) in [5.41, 5.74) is 3.31. The van der Waals surface area contributed by atoms with E-state index >= 15 is 0 Å². The first-order valence-electron chi connectivity index (χ1n) is 7.07. The lowest BCUT2D eigenvalue weighted by Gasteiger charge is -2.08. The molecule has 0 aliphatic heterocycles. The summed E-state index contributed by atoms with van der Waals surface area (Å²) in [6.45, 7) is 0.829. The summed E-state index contributed by atoms with van der Waals surface area (Å²) >= 11 is 0. The minimum absolute atomic E-state index is 0.805. The van der Waals surface area contributed by atoms with Crippen molar-refractivity contribution in [3.63, 3.8) is 0 Å². The molecule has 105 valence electrons. The number of hydrogen-bond donors (Lipinski definition) is 1. The summed E-state index contributed by atoms with van der Waals surface area (Å²) in [4.78, 5) is 12.9. The van der Waals surface area contributed by atoms with Gasteiger partial charge < -0.3 is 5.32 Å². The van der Waals surface area contributed by atoms with Gasteiger partial charge in [-0.25, -0.2) is 4.98 Å². The molecule has 1 aliphatic carbocycles. The molecule has 2 heterocycles. The Balaban J connectivity index is 1.55. The Morgan fingerprint density at radius 1 is 1.10 bits per heavy atom. The first-order chi connectivity index (χ1) is 10.4. The molecule has 21 heavy (non-hydrogen) atoms. The van der Waals surface area contributed by atoms with Crippen LogP contribution in [0.3, 0.4) is 0 Å². The van der Waals surface area contributed by atoms with Crippen molar-refractivity contribution < 1.29 is 0 Å². The van der Waals surface area contributed by atoms with Gasteiger partial charge in [0, 0.05) is 18.9 Å². The highest BCUT2D eigenvalue weighted by molar-refractivity contribution is 5.72. The predicted molar refractivity (Wildman–Crippen MR) is 84.5 cm³/mol. The molecule has 0 saturated carbocycles. The van der Waals surface area contributed by atoms with E-state index in [4.69, 9.17) is 0 Å². The molecule has 0 spiro atoms. The molecule has 2 aromatic heterocycles. The SMILES string of the molecule is [CH]1C=CC(c2cnc(NCCc3ccncc3)cn2)=CC1. The first-order valence-corrected chi connectivity index (χ1v) is 7.07. The van der Waals surface area contributed by atoms with Crippen LogP contribution in [0.5, 0.6) is 0 Å². The van der Waals surface area contributed by atoms with Crippen LogP contribution in [0.4, 0.5) is 5.82 Å². The summed E-state index contributed by atoms with van der Waals surface area (Å²) in [6.07, 6.45) is 17.5. The van der Waals surface area contributed by atoms with Crippen molar-refractivity contribution in [3.8, 4) is 0 Å². The molecule has 0 atom stereocenters. The third kappa shape index (κ3) is 3.75. The van der Waals surface area contributed by atoms with Gasteiger partial charge in [-0.2, -0.15) is 0 Å². The third-order valence-electron chi connectivity index (χ3n) is 3.30. The number of aromatic nitrogens is 3. The molecule has 1 aliphatic rings. The van der Waals surface area contributed by atoms with E-state index in [0.717, 1.165) is 36.5 Å². The van der Waals surface area contributed by atoms with E-state index in [9.17, 15) is 0 Å². The van der Waals surface area contributed by atoms with Gasteiger partial charge in [0.05, 0.1) is 18.1 Å². The highest BCUT2D eigenvalue weighted by Gasteiger charge is 2.03. The van der Waals surface area contributed by atoms with Crippen LogP contribution >= 0.6 is 0 Å². The van der Waals surface area contributed by atoms with E-state index < -0.39 is 0 Å². The molecular weight excluding hydrogens is 260 g/mol. The van der Waals surface area contributed by atoms with Crippen LogP contribution in [-0.4, -0.2) is 21.5 Å². The lowest BCUT2D eigenvalue weighted by Crippen LogP contribution is -2.07. The number of nitrogens with one attached hydrogen (secondary N) is 1. The fraction of sp³-hybridized carbons (Fsp3) is 0.176. The third-order valence-corrected chi connectivity index (χ3v) is 3.30. The second-order valence-corrected chi connectivity index (χ2v) is 4.81. The monoisotopic (exact) mass is 277 g/mol. The van der Waals surface area contributed by atoms with E-state index in [2.05, 4.69) is 44.9 Å². The Labute approximate surface area is 124 Å². The van der Waals surface area contributed by atoms with Crippen molar-refractivity contribution in [1.29, 1.82) is 0 Å². The van der Waals surface area contributed by atoms with Crippen molar-refractivity contribution in [2.45, 2.75) is 12.8 Å². The summed E-state index contributed by atoms with van der Waals surface area (Å²) in [6, 6.07) is 4.05. The number of anilines is 1. The van der Waals surface area contributed by atoms with Gasteiger partial charge in [-0.3, -0.25) is 9.97 Å². The standard InChI is InChI=1S/C17H17N4/c1-2-4-15(5-3-1)16-12-21-17(13-20-16)19-11-8-14-6-9-18-10-7-14/h1-2,4-7,9-10,12-13H,3,8,11H2,(H,19,21). The Bertz CT molecular complexity index is 630. The zero-order chi connectivity index (χ0) is 14.3. The van der Waals surface area contributed by atoms with Crippen molar-refractivity contribution in [3.05, 3.63) is 72.8 Å². The molecule has 1 N–H and O–H groups in total. The fourth-order valence-electron chi connectivity index (χ4n) is 2.16. The van der Waals surface area contributed by atoms with Crippen LogP contribution in [0.15, 0.2) is 55.1 Å². The van der Waals surface area contributed by atoms with Crippen LogP contribution in [0.2, 0.25) is 0 Å².